The predicted molar refractivity (Wildman–Crippen MR) is 86.1 cm³/mol. The van der Waals surface area contributed by atoms with Gasteiger partial charge in [-0.1, -0.05) is 0 Å². The molecule has 2 aromatic rings. The van der Waals surface area contributed by atoms with E-state index in [1.54, 1.807) is 11.3 Å². The quantitative estimate of drug-likeness (QED) is 0.588. The number of hydrogen-bond acceptors (Lipinski definition) is 4. The number of thiophene rings is 1. The zero-order chi connectivity index (χ0) is 14.0. The lowest BCUT2D eigenvalue weighted by Gasteiger charge is -2.16. The first-order chi connectivity index (χ1) is 9.05. The van der Waals surface area contributed by atoms with Crippen LogP contribution in [0.2, 0.25) is 0 Å². The molecule has 2 heterocycles. The van der Waals surface area contributed by atoms with Gasteiger partial charge in [0.05, 0.1) is 19.3 Å². The van der Waals surface area contributed by atoms with E-state index in [9.17, 15) is 0 Å². The van der Waals surface area contributed by atoms with Crippen molar-refractivity contribution in [1.29, 1.82) is 0 Å². The molecule has 1 unspecified atom stereocenters. The molecule has 0 bridgehead atoms. The highest BCUT2D eigenvalue weighted by atomic mass is 79.9. The Kier molecular flexibility index (Phi) is 5.19. The molecular formula is C12H16Br2N4S. The highest BCUT2D eigenvalue weighted by molar-refractivity contribution is 9.12. The molecule has 3 N–H and O–H groups in total. The standard InChI is InChI=1S/C12H16Br2N4S/c1-3-18-8(4-7(2)17-18)5-10(16-15)9-6-11(13)19-12(9)14/h4,6,10,16H,3,5,15H2,1-2H3. The van der Waals surface area contributed by atoms with Gasteiger partial charge in [-0.05, 0) is 63.4 Å². The Balaban J connectivity index is 2.26. The van der Waals surface area contributed by atoms with Gasteiger partial charge in [0.1, 0.15) is 0 Å². The second-order valence-corrected chi connectivity index (χ2v) is 8.05. The lowest BCUT2D eigenvalue weighted by Crippen LogP contribution is -2.30. The lowest BCUT2D eigenvalue weighted by molar-refractivity contribution is 0.517. The first kappa shape index (κ1) is 15.2. The molecule has 0 saturated heterocycles. The molecule has 104 valence electrons. The van der Waals surface area contributed by atoms with Gasteiger partial charge < -0.3 is 0 Å². The van der Waals surface area contributed by atoms with Crippen LogP contribution in [0, 0.1) is 6.92 Å². The highest BCUT2D eigenvalue weighted by Gasteiger charge is 2.18. The van der Waals surface area contributed by atoms with Gasteiger partial charge >= 0.3 is 0 Å². The molecule has 7 heteroatoms. The number of aryl methyl sites for hydroxylation is 2. The number of hydrogen-bond donors (Lipinski definition) is 2. The zero-order valence-corrected chi connectivity index (χ0v) is 14.8. The molecule has 0 aliphatic rings. The van der Waals surface area contributed by atoms with Gasteiger partial charge in [0.2, 0.25) is 0 Å². The predicted octanol–water partition coefficient (Wildman–Crippen LogP) is 3.55. The zero-order valence-electron chi connectivity index (χ0n) is 10.8. The number of rotatable bonds is 5. The van der Waals surface area contributed by atoms with Crippen LogP contribution >= 0.6 is 43.2 Å². The summed E-state index contributed by atoms with van der Waals surface area (Å²) >= 11 is 8.74. The molecule has 2 rings (SSSR count). The van der Waals surface area contributed by atoms with E-state index in [2.05, 4.69) is 61.4 Å². The number of hydrazine groups is 1. The fourth-order valence-corrected chi connectivity index (χ4v) is 5.07. The van der Waals surface area contributed by atoms with E-state index in [-0.39, 0.29) is 6.04 Å². The summed E-state index contributed by atoms with van der Waals surface area (Å²) in [6.45, 7) is 4.98. The van der Waals surface area contributed by atoms with Crippen LogP contribution in [0.25, 0.3) is 0 Å². The largest absolute Gasteiger partial charge is 0.271 e. The van der Waals surface area contributed by atoms with Crippen LogP contribution in [0.1, 0.15) is 29.9 Å². The van der Waals surface area contributed by atoms with Crippen molar-refractivity contribution in [1.82, 2.24) is 15.2 Å². The summed E-state index contributed by atoms with van der Waals surface area (Å²) in [7, 11) is 0. The molecular weight excluding hydrogens is 392 g/mol. The van der Waals surface area contributed by atoms with Crippen LogP contribution < -0.4 is 11.3 Å². The summed E-state index contributed by atoms with van der Waals surface area (Å²) in [6.07, 6.45) is 0.812. The summed E-state index contributed by atoms with van der Waals surface area (Å²) in [5, 5.41) is 4.47. The van der Waals surface area contributed by atoms with E-state index >= 15 is 0 Å². The number of aromatic nitrogens is 2. The van der Waals surface area contributed by atoms with Crippen LogP contribution in [0.15, 0.2) is 19.7 Å². The molecule has 0 radical (unpaired) electrons. The molecule has 2 aromatic heterocycles. The van der Waals surface area contributed by atoms with Gasteiger partial charge in [-0.25, -0.2) is 0 Å². The van der Waals surface area contributed by atoms with Gasteiger partial charge in [0.25, 0.3) is 0 Å². The topological polar surface area (TPSA) is 55.9 Å². The molecule has 1 atom stereocenters. The normalized spacial score (nSPS) is 12.9. The summed E-state index contributed by atoms with van der Waals surface area (Å²) in [5.41, 5.74) is 6.30. The van der Waals surface area contributed by atoms with E-state index in [0.29, 0.717) is 0 Å². The van der Waals surface area contributed by atoms with Gasteiger partial charge in [0, 0.05) is 18.7 Å². The summed E-state index contributed by atoms with van der Waals surface area (Å²) in [5.74, 6) is 5.72. The highest BCUT2D eigenvalue weighted by Crippen LogP contribution is 2.36. The van der Waals surface area contributed by atoms with E-state index in [0.717, 1.165) is 26.2 Å². The van der Waals surface area contributed by atoms with Crippen molar-refractivity contribution in [3.63, 3.8) is 0 Å². The minimum absolute atomic E-state index is 0.0679. The second kappa shape index (κ2) is 6.49. The van der Waals surface area contributed by atoms with Gasteiger partial charge in [-0.3, -0.25) is 16.0 Å². The smallest absolute Gasteiger partial charge is 0.0758 e. The van der Waals surface area contributed by atoms with Crippen molar-refractivity contribution in [3.05, 3.63) is 36.7 Å². The van der Waals surface area contributed by atoms with Gasteiger partial charge in [-0.15, -0.1) is 11.3 Å². The average molecular weight is 408 g/mol. The molecule has 0 amide bonds. The monoisotopic (exact) mass is 406 g/mol. The third-order valence-corrected chi connectivity index (χ3v) is 5.34. The SMILES string of the molecule is CCn1nc(C)cc1CC(NN)c1cc(Br)sc1Br. The van der Waals surface area contributed by atoms with E-state index in [1.807, 2.05) is 11.6 Å². The van der Waals surface area contributed by atoms with Crippen molar-refractivity contribution >= 4 is 43.2 Å². The molecule has 0 aromatic carbocycles. The van der Waals surface area contributed by atoms with Crippen molar-refractivity contribution in [2.24, 2.45) is 5.84 Å². The Bertz CT molecular complexity index is 564. The summed E-state index contributed by atoms with van der Waals surface area (Å²) < 4.78 is 4.21. The van der Waals surface area contributed by atoms with Crippen LogP contribution in [0.4, 0.5) is 0 Å². The number of nitrogens with two attached hydrogens (primary N) is 1. The first-order valence-corrected chi connectivity index (χ1v) is 8.39. The fraction of sp³-hybridized carbons (Fsp3) is 0.417. The van der Waals surface area contributed by atoms with Crippen molar-refractivity contribution in [2.45, 2.75) is 32.9 Å². The molecule has 19 heavy (non-hydrogen) atoms. The Labute approximate surface area is 133 Å². The van der Waals surface area contributed by atoms with Crippen molar-refractivity contribution < 1.29 is 0 Å². The number of nitrogens with one attached hydrogen (secondary N) is 1. The fourth-order valence-electron chi connectivity index (χ4n) is 2.10. The molecule has 0 fully saturated rings. The van der Waals surface area contributed by atoms with Gasteiger partial charge in [0.15, 0.2) is 0 Å². The first-order valence-electron chi connectivity index (χ1n) is 5.99. The third-order valence-electron chi connectivity index (χ3n) is 2.96. The second-order valence-electron chi connectivity index (χ2n) is 4.30. The maximum atomic E-state index is 5.72. The van der Waals surface area contributed by atoms with E-state index in [4.69, 9.17) is 5.84 Å². The maximum absolute atomic E-state index is 5.72. The third kappa shape index (κ3) is 3.46. The van der Waals surface area contributed by atoms with Gasteiger partial charge in [-0.2, -0.15) is 5.10 Å². The Morgan fingerprint density at radius 2 is 2.21 bits per heavy atom. The van der Waals surface area contributed by atoms with Crippen LogP contribution in [0.5, 0.6) is 0 Å². The van der Waals surface area contributed by atoms with E-state index in [1.165, 1.54) is 11.3 Å². The van der Waals surface area contributed by atoms with Crippen LogP contribution in [-0.2, 0) is 13.0 Å². The van der Waals surface area contributed by atoms with Crippen molar-refractivity contribution in [2.75, 3.05) is 0 Å². The van der Waals surface area contributed by atoms with Crippen LogP contribution in [-0.4, -0.2) is 9.78 Å². The average Bonchev–Trinajstić information content (AvgIpc) is 2.88. The Morgan fingerprint density at radius 3 is 2.74 bits per heavy atom. The Hall–Kier alpha value is -0.210. The minimum Gasteiger partial charge on any atom is -0.271 e. The molecule has 0 saturated carbocycles. The van der Waals surface area contributed by atoms with Crippen LogP contribution in [0.3, 0.4) is 0 Å². The number of halogens is 2. The molecule has 0 spiro atoms. The molecule has 4 nitrogen and oxygen atoms in total. The molecule has 0 aliphatic heterocycles. The van der Waals surface area contributed by atoms with Crippen molar-refractivity contribution in [3.8, 4) is 0 Å². The molecule has 0 aliphatic carbocycles. The van der Waals surface area contributed by atoms with E-state index < -0.39 is 0 Å². The lowest BCUT2D eigenvalue weighted by atomic mass is 10.1. The number of nitrogens with zero attached hydrogens (tertiary/aromatic N) is 2. The maximum Gasteiger partial charge on any atom is 0.0758 e. The summed E-state index contributed by atoms with van der Waals surface area (Å²) in [4.78, 5) is 0. The summed E-state index contributed by atoms with van der Waals surface area (Å²) in [6, 6.07) is 4.28. The Morgan fingerprint density at radius 1 is 1.47 bits per heavy atom. The minimum atomic E-state index is 0.0679.